The summed E-state index contributed by atoms with van der Waals surface area (Å²) in [5.41, 5.74) is 2.60. The molecule has 4 aromatic rings. The highest BCUT2D eigenvalue weighted by molar-refractivity contribution is 5.95. The Bertz CT molecular complexity index is 1140. The van der Waals surface area contributed by atoms with Crippen LogP contribution in [0.15, 0.2) is 58.8 Å². The first-order chi connectivity index (χ1) is 12.7. The van der Waals surface area contributed by atoms with E-state index < -0.39 is 5.91 Å². The molecule has 2 heterocycles. The smallest absolute Gasteiger partial charge is 0.286 e. The van der Waals surface area contributed by atoms with Gasteiger partial charge in [-0.15, -0.1) is 15.3 Å². The molecule has 8 heteroatoms. The van der Waals surface area contributed by atoms with Crippen molar-refractivity contribution in [2.75, 3.05) is 0 Å². The van der Waals surface area contributed by atoms with E-state index in [-0.39, 0.29) is 12.4 Å². The van der Waals surface area contributed by atoms with Crippen LogP contribution in [-0.2, 0) is 17.9 Å². The van der Waals surface area contributed by atoms with Crippen LogP contribution in [0, 0.1) is 0 Å². The van der Waals surface area contributed by atoms with E-state index in [9.17, 15) is 9.90 Å². The van der Waals surface area contributed by atoms with Crippen LogP contribution in [0.1, 0.15) is 6.92 Å². The van der Waals surface area contributed by atoms with Crippen molar-refractivity contribution in [2.45, 2.75) is 20.0 Å². The summed E-state index contributed by atoms with van der Waals surface area (Å²) in [4.78, 5) is 12.2. The van der Waals surface area contributed by atoms with Gasteiger partial charge in [0.25, 0.3) is 5.91 Å². The zero-order chi connectivity index (χ0) is 18.1. The fraction of sp³-hybridized carbons (Fsp3) is 0.167. The Kier molecular flexibility index (Phi) is 3.92. The largest absolute Gasteiger partial charge is 0.493 e. The summed E-state index contributed by atoms with van der Waals surface area (Å²) in [6, 6.07) is 14.8. The van der Waals surface area contributed by atoms with Gasteiger partial charge in [0, 0.05) is 11.9 Å². The summed E-state index contributed by atoms with van der Waals surface area (Å²) in [5.74, 6) is -0.482. The summed E-state index contributed by atoms with van der Waals surface area (Å²) in [6.45, 7) is 2.44. The van der Waals surface area contributed by atoms with E-state index >= 15 is 0 Å². The zero-order valence-corrected chi connectivity index (χ0v) is 14.1. The second-order valence-corrected chi connectivity index (χ2v) is 5.76. The third-order valence-corrected chi connectivity index (χ3v) is 4.20. The minimum Gasteiger partial charge on any atom is -0.493 e. The van der Waals surface area contributed by atoms with Crippen LogP contribution >= 0.6 is 0 Å². The Balaban J connectivity index is 1.63. The minimum absolute atomic E-state index is 0.00328. The number of amides is 1. The standard InChI is InChI=1S/C18H16N6O2/c1-2-23-14-9-5-3-7-12(14)17(18(23)26)21-20-16(25)11-24-15-10-6-4-8-13(15)19-22-24/h3-10,26H,2,11H2,1H3. The third-order valence-electron chi connectivity index (χ3n) is 4.20. The first-order valence-electron chi connectivity index (χ1n) is 8.22. The number of hydrogen-bond acceptors (Lipinski definition) is 5. The molecule has 0 bridgehead atoms. The Labute approximate surface area is 148 Å². The highest BCUT2D eigenvalue weighted by atomic mass is 16.3. The van der Waals surface area contributed by atoms with Gasteiger partial charge in [-0.05, 0) is 25.1 Å². The van der Waals surface area contributed by atoms with E-state index in [1.54, 1.807) is 4.57 Å². The lowest BCUT2D eigenvalue weighted by Gasteiger charge is -2.00. The van der Waals surface area contributed by atoms with Crippen LogP contribution in [0.5, 0.6) is 5.88 Å². The van der Waals surface area contributed by atoms with Gasteiger partial charge >= 0.3 is 0 Å². The topological polar surface area (TPSA) is 97.7 Å². The molecule has 0 aliphatic rings. The molecule has 0 unspecified atom stereocenters. The van der Waals surface area contributed by atoms with Gasteiger partial charge in [-0.2, -0.15) is 0 Å². The number of carbonyl (C=O) groups excluding carboxylic acids is 1. The second kappa shape index (κ2) is 6.40. The van der Waals surface area contributed by atoms with E-state index in [1.807, 2.05) is 55.5 Å². The van der Waals surface area contributed by atoms with Crippen LogP contribution in [0.3, 0.4) is 0 Å². The molecule has 1 N–H and O–H groups in total. The van der Waals surface area contributed by atoms with Crippen LogP contribution < -0.4 is 0 Å². The maximum Gasteiger partial charge on any atom is 0.286 e. The number of fused-ring (bicyclic) bond motifs is 2. The van der Waals surface area contributed by atoms with Crippen molar-refractivity contribution < 1.29 is 9.90 Å². The number of para-hydroxylation sites is 2. The fourth-order valence-corrected chi connectivity index (χ4v) is 2.99. The number of carbonyl (C=O) groups is 1. The fourth-order valence-electron chi connectivity index (χ4n) is 2.99. The summed E-state index contributed by atoms with van der Waals surface area (Å²) in [6.07, 6.45) is 0. The highest BCUT2D eigenvalue weighted by Gasteiger charge is 2.16. The molecule has 2 aromatic carbocycles. The lowest BCUT2D eigenvalue weighted by atomic mass is 10.2. The lowest BCUT2D eigenvalue weighted by Crippen LogP contribution is -2.08. The summed E-state index contributed by atoms with van der Waals surface area (Å²) in [5, 5.41) is 26.9. The summed E-state index contributed by atoms with van der Waals surface area (Å²) in [7, 11) is 0. The van der Waals surface area contributed by atoms with Crippen molar-refractivity contribution in [2.24, 2.45) is 10.2 Å². The average molecular weight is 348 g/mol. The molecule has 0 fully saturated rings. The van der Waals surface area contributed by atoms with Gasteiger partial charge < -0.3 is 9.67 Å². The van der Waals surface area contributed by atoms with E-state index in [1.165, 1.54) is 4.68 Å². The summed E-state index contributed by atoms with van der Waals surface area (Å²) < 4.78 is 3.20. The third kappa shape index (κ3) is 2.61. The monoisotopic (exact) mass is 348 g/mol. The van der Waals surface area contributed by atoms with Crippen molar-refractivity contribution in [3.63, 3.8) is 0 Å². The lowest BCUT2D eigenvalue weighted by molar-refractivity contribution is -0.119. The van der Waals surface area contributed by atoms with Gasteiger partial charge in [-0.3, -0.25) is 4.79 Å². The number of hydrogen-bond donors (Lipinski definition) is 1. The maximum absolute atomic E-state index is 12.2. The number of rotatable bonds is 4. The molecule has 0 aliphatic carbocycles. The predicted octanol–water partition coefficient (Wildman–Crippen LogP) is 3.42. The van der Waals surface area contributed by atoms with Crippen LogP contribution in [0.25, 0.3) is 21.9 Å². The normalized spacial score (nSPS) is 11.7. The van der Waals surface area contributed by atoms with Crippen molar-refractivity contribution in [3.05, 3.63) is 48.5 Å². The number of benzene rings is 2. The van der Waals surface area contributed by atoms with E-state index in [4.69, 9.17) is 0 Å². The summed E-state index contributed by atoms with van der Waals surface area (Å²) >= 11 is 0. The SMILES string of the molecule is CCn1c(O)c(N=NC(=O)Cn2nnc3ccccc32)c2ccccc21. The molecule has 0 aliphatic heterocycles. The molecule has 26 heavy (non-hydrogen) atoms. The Morgan fingerprint density at radius 1 is 1.12 bits per heavy atom. The number of azo groups is 1. The predicted molar refractivity (Wildman–Crippen MR) is 96.3 cm³/mol. The van der Waals surface area contributed by atoms with E-state index in [0.717, 1.165) is 16.4 Å². The Morgan fingerprint density at radius 3 is 2.65 bits per heavy atom. The molecule has 130 valence electrons. The van der Waals surface area contributed by atoms with Gasteiger partial charge in [-0.25, -0.2) is 4.68 Å². The number of nitrogens with zero attached hydrogens (tertiary/aromatic N) is 6. The van der Waals surface area contributed by atoms with E-state index in [0.29, 0.717) is 17.7 Å². The molecule has 0 saturated carbocycles. The molecule has 8 nitrogen and oxygen atoms in total. The number of aryl methyl sites for hydroxylation is 1. The van der Waals surface area contributed by atoms with Crippen molar-refractivity contribution in [1.29, 1.82) is 0 Å². The molecule has 1 amide bonds. The van der Waals surface area contributed by atoms with Crippen LogP contribution in [0.2, 0.25) is 0 Å². The molecule has 2 aromatic heterocycles. The van der Waals surface area contributed by atoms with Gasteiger partial charge in [0.2, 0.25) is 5.88 Å². The van der Waals surface area contributed by atoms with Crippen LogP contribution in [0.4, 0.5) is 5.69 Å². The average Bonchev–Trinajstić information content (AvgIpc) is 3.18. The second-order valence-electron chi connectivity index (χ2n) is 5.76. The number of aromatic hydroxyl groups is 1. The molecule has 0 atom stereocenters. The van der Waals surface area contributed by atoms with Crippen molar-refractivity contribution in [3.8, 4) is 5.88 Å². The zero-order valence-electron chi connectivity index (χ0n) is 14.1. The molecule has 0 radical (unpaired) electrons. The Morgan fingerprint density at radius 2 is 1.85 bits per heavy atom. The van der Waals surface area contributed by atoms with E-state index in [2.05, 4.69) is 20.5 Å². The molecular formula is C18H16N6O2. The van der Waals surface area contributed by atoms with Crippen LogP contribution in [-0.4, -0.2) is 30.6 Å². The quantitative estimate of drug-likeness (QED) is 0.571. The maximum atomic E-state index is 12.2. The highest BCUT2D eigenvalue weighted by Crippen LogP contribution is 2.38. The molecule has 0 saturated heterocycles. The van der Waals surface area contributed by atoms with Gasteiger partial charge in [0.05, 0.1) is 11.0 Å². The van der Waals surface area contributed by atoms with Gasteiger partial charge in [0.1, 0.15) is 12.1 Å². The number of aromatic nitrogens is 4. The Hall–Kier alpha value is -3.55. The molecule has 0 spiro atoms. The van der Waals surface area contributed by atoms with Crippen molar-refractivity contribution in [1.82, 2.24) is 19.6 Å². The molecular weight excluding hydrogens is 332 g/mol. The van der Waals surface area contributed by atoms with Crippen molar-refractivity contribution >= 4 is 33.5 Å². The van der Waals surface area contributed by atoms with Gasteiger partial charge in [0.15, 0.2) is 5.69 Å². The molecule has 4 rings (SSSR count). The first-order valence-corrected chi connectivity index (χ1v) is 8.22. The first kappa shape index (κ1) is 15.9. The van der Waals surface area contributed by atoms with Gasteiger partial charge in [-0.1, -0.05) is 35.5 Å². The minimum atomic E-state index is -0.478.